The van der Waals surface area contributed by atoms with Crippen LogP contribution in [0.1, 0.15) is 40.5 Å². The fraction of sp³-hybridized carbons (Fsp3) is 0.923. The van der Waals surface area contributed by atoms with Crippen LogP contribution in [0.4, 0.5) is 0 Å². The van der Waals surface area contributed by atoms with Gasteiger partial charge in [0, 0.05) is 12.6 Å². The number of aliphatic hydroxyl groups excluding tert-OH is 1. The molecule has 0 bridgehead atoms. The normalized spacial score (nSPS) is 30.1. The van der Waals surface area contributed by atoms with E-state index in [9.17, 15) is 4.79 Å². The lowest BCUT2D eigenvalue weighted by Gasteiger charge is -2.35. The summed E-state index contributed by atoms with van der Waals surface area (Å²) in [6.07, 6.45) is 1.45. The quantitative estimate of drug-likeness (QED) is 0.734. The van der Waals surface area contributed by atoms with Crippen molar-refractivity contribution in [3.8, 4) is 0 Å². The van der Waals surface area contributed by atoms with Crippen molar-refractivity contribution in [2.75, 3.05) is 13.2 Å². The second-order valence-electron chi connectivity index (χ2n) is 5.96. The van der Waals surface area contributed by atoms with Gasteiger partial charge >= 0.3 is 5.97 Å². The first-order valence-corrected chi connectivity index (χ1v) is 6.40. The van der Waals surface area contributed by atoms with Crippen molar-refractivity contribution >= 4 is 5.97 Å². The van der Waals surface area contributed by atoms with Crippen molar-refractivity contribution in [3.05, 3.63) is 0 Å². The lowest BCUT2D eigenvalue weighted by molar-refractivity contribution is -0.163. The van der Waals surface area contributed by atoms with Crippen LogP contribution in [-0.2, 0) is 9.53 Å². The Morgan fingerprint density at radius 2 is 2.12 bits per heavy atom. The van der Waals surface area contributed by atoms with E-state index in [4.69, 9.17) is 9.84 Å². The molecule has 0 aromatic carbocycles. The minimum absolute atomic E-state index is 0.0855. The number of ether oxygens (including phenoxy) is 1. The summed E-state index contributed by atoms with van der Waals surface area (Å²) < 4.78 is 5.45. The number of nitrogens with one attached hydrogen (secondary N) is 1. The summed E-state index contributed by atoms with van der Waals surface area (Å²) in [5.41, 5.74) is -0.436. The molecule has 0 aromatic heterocycles. The topological polar surface area (TPSA) is 58.6 Å². The predicted molar refractivity (Wildman–Crippen MR) is 66.6 cm³/mol. The van der Waals surface area contributed by atoms with Gasteiger partial charge in [-0.2, -0.15) is 0 Å². The number of hydrogen-bond donors (Lipinski definition) is 2. The van der Waals surface area contributed by atoms with Gasteiger partial charge in [0.05, 0.1) is 5.92 Å². The van der Waals surface area contributed by atoms with E-state index in [-0.39, 0.29) is 24.4 Å². The summed E-state index contributed by atoms with van der Waals surface area (Å²) in [6.45, 7) is 8.64. The molecule has 0 amide bonds. The molecule has 0 aliphatic carbocycles. The number of hydrogen-bond acceptors (Lipinski definition) is 4. The highest BCUT2D eigenvalue weighted by molar-refractivity contribution is 5.73. The van der Waals surface area contributed by atoms with Gasteiger partial charge in [-0.15, -0.1) is 0 Å². The van der Waals surface area contributed by atoms with Crippen molar-refractivity contribution in [1.82, 2.24) is 5.32 Å². The van der Waals surface area contributed by atoms with E-state index in [0.29, 0.717) is 12.5 Å². The Morgan fingerprint density at radius 3 is 2.65 bits per heavy atom. The van der Waals surface area contributed by atoms with E-state index in [1.165, 1.54) is 0 Å². The number of piperidine rings is 1. The Morgan fingerprint density at radius 1 is 1.47 bits per heavy atom. The number of carbonyl (C=O) groups excluding carboxylic acids is 1. The third-order valence-electron chi connectivity index (χ3n) is 3.11. The Kier molecular flexibility index (Phi) is 4.95. The minimum Gasteiger partial charge on any atom is -0.460 e. The third-order valence-corrected chi connectivity index (χ3v) is 3.11. The zero-order valence-electron chi connectivity index (χ0n) is 11.3. The van der Waals surface area contributed by atoms with Gasteiger partial charge in [-0.1, -0.05) is 0 Å². The average Bonchev–Trinajstić information content (AvgIpc) is 2.18. The van der Waals surface area contributed by atoms with Crippen molar-refractivity contribution in [1.29, 1.82) is 0 Å². The molecule has 2 N–H and O–H groups in total. The standard InChI is InChI=1S/C13H25NO3/c1-9-7-11(10(5-6-15)8-14-9)12(16)17-13(2,3)4/h9-11,14-15H,5-8H2,1-4H3/t9-,10+,11+/m1/s1. The average molecular weight is 243 g/mol. The van der Waals surface area contributed by atoms with E-state index < -0.39 is 5.60 Å². The van der Waals surface area contributed by atoms with E-state index >= 15 is 0 Å². The van der Waals surface area contributed by atoms with Gasteiger partial charge in [0.15, 0.2) is 0 Å². The van der Waals surface area contributed by atoms with Gasteiger partial charge in [0.1, 0.15) is 5.60 Å². The highest BCUT2D eigenvalue weighted by atomic mass is 16.6. The van der Waals surface area contributed by atoms with Gasteiger partial charge in [-0.3, -0.25) is 4.79 Å². The molecule has 100 valence electrons. The molecule has 1 rings (SSSR count). The Hall–Kier alpha value is -0.610. The molecule has 1 saturated heterocycles. The molecular weight excluding hydrogens is 218 g/mol. The molecule has 0 spiro atoms. The summed E-state index contributed by atoms with van der Waals surface area (Å²) in [4.78, 5) is 12.1. The molecule has 0 saturated carbocycles. The maximum absolute atomic E-state index is 12.1. The van der Waals surface area contributed by atoms with Crippen molar-refractivity contribution in [3.63, 3.8) is 0 Å². The maximum Gasteiger partial charge on any atom is 0.309 e. The summed E-state index contributed by atoms with van der Waals surface area (Å²) in [6, 6.07) is 0.336. The van der Waals surface area contributed by atoms with E-state index in [1.807, 2.05) is 20.8 Å². The van der Waals surface area contributed by atoms with E-state index in [2.05, 4.69) is 12.2 Å². The molecule has 4 nitrogen and oxygen atoms in total. The highest BCUT2D eigenvalue weighted by Crippen LogP contribution is 2.27. The van der Waals surface area contributed by atoms with Crippen LogP contribution in [0.25, 0.3) is 0 Å². The molecular formula is C13H25NO3. The first-order valence-electron chi connectivity index (χ1n) is 6.40. The molecule has 4 heteroatoms. The van der Waals surface area contributed by atoms with Gasteiger partial charge in [-0.25, -0.2) is 0 Å². The Bertz CT molecular complexity index is 260. The molecule has 0 aromatic rings. The fourth-order valence-corrected chi connectivity index (χ4v) is 2.29. The molecule has 3 atom stereocenters. The predicted octanol–water partition coefficient (Wildman–Crippen LogP) is 1.32. The van der Waals surface area contributed by atoms with Crippen molar-refractivity contribution in [2.24, 2.45) is 11.8 Å². The van der Waals surface area contributed by atoms with Gasteiger partial charge in [-0.05, 0) is 53.0 Å². The molecule has 0 radical (unpaired) electrons. The van der Waals surface area contributed by atoms with E-state index in [0.717, 1.165) is 13.0 Å². The van der Waals surface area contributed by atoms with Crippen molar-refractivity contribution in [2.45, 2.75) is 52.2 Å². The zero-order chi connectivity index (χ0) is 13.1. The second-order valence-corrected chi connectivity index (χ2v) is 5.96. The summed E-state index contributed by atoms with van der Waals surface area (Å²) in [7, 11) is 0. The van der Waals surface area contributed by atoms with Gasteiger partial charge in [0.25, 0.3) is 0 Å². The van der Waals surface area contributed by atoms with Crippen LogP contribution < -0.4 is 5.32 Å². The Labute approximate surface area is 104 Å². The lowest BCUT2D eigenvalue weighted by atomic mass is 9.81. The van der Waals surface area contributed by atoms with Crippen LogP contribution in [0.5, 0.6) is 0 Å². The third kappa shape index (κ3) is 4.64. The molecule has 1 fully saturated rings. The number of aliphatic hydroxyl groups is 1. The summed E-state index contributed by atoms with van der Waals surface area (Å²) >= 11 is 0. The monoisotopic (exact) mass is 243 g/mol. The number of esters is 1. The largest absolute Gasteiger partial charge is 0.460 e. The van der Waals surface area contributed by atoms with Gasteiger partial charge < -0.3 is 15.2 Å². The van der Waals surface area contributed by atoms with Crippen molar-refractivity contribution < 1.29 is 14.6 Å². The number of carbonyl (C=O) groups is 1. The van der Waals surface area contributed by atoms with Crippen LogP contribution in [-0.4, -0.2) is 35.9 Å². The molecule has 1 heterocycles. The first kappa shape index (κ1) is 14.5. The Balaban J connectivity index is 2.65. The number of rotatable bonds is 3. The van der Waals surface area contributed by atoms with E-state index in [1.54, 1.807) is 0 Å². The first-order chi connectivity index (χ1) is 7.83. The maximum atomic E-state index is 12.1. The summed E-state index contributed by atoms with van der Waals surface area (Å²) in [5, 5.41) is 12.4. The van der Waals surface area contributed by atoms with Crippen LogP contribution in [0.2, 0.25) is 0 Å². The van der Waals surface area contributed by atoms with Crippen LogP contribution in [0.3, 0.4) is 0 Å². The minimum atomic E-state index is -0.436. The van der Waals surface area contributed by atoms with Gasteiger partial charge in [0.2, 0.25) is 0 Å². The smallest absolute Gasteiger partial charge is 0.309 e. The summed E-state index contributed by atoms with van der Waals surface area (Å²) in [5.74, 6) is -0.0204. The highest BCUT2D eigenvalue weighted by Gasteiger charge is 2.35. The molecule has 1 aliphatic heterocycles. The SMILES string of the molecule is C[C@@H]1C[C@H](C(=O)OC(C)(C)C)[C@@H](CCO)CN1. The molecule has 0 unspecified atom stereocenters. The molecule has 17 heavy (non-hydrogen) atoms. The second kappa shape index (κ2) is 5.83. The fourth-order valence-electron chi connectivity index (χ4n) is 2.29. The van der Waals surface area contributed by atoms with Crippen LogP contribution >= 0.6 is 0 Å². The zero-order valence-corrected chi connectivity index (χ0v) is 11.3. The van der Waals surface area contributed by atoms with Crippen LogP contribution in [0, 0.1) is 11.8 Å². The van der Waals surface area contributed by atoms with Crippen LogP contribution in [0.15, 0.2) is 0 Å². The lowest BCUT2D eigenvalue weighted by Crippen LogP contribution is -2.47. The molecule has 1 aliphatic rings.